The van der Waals surface area contributed by atoms with Gasteiger partial charge in [0, 0.05) is 6.92 Å². The molecule has 4 unspecified atom stereocenters. The second-order valence-electron chi connectivity index (χ2n) is 10.2. The number of carbonyl (C=O) groups excluding carboxylic acids is 1. The van der Waals surface area contributed by atoms with E-state index in [1.807, 2.05) is 6.92 Å². The van der Waals surface area contributed by atoms with Gasteiger partial charge in [-0.1, -0.05) is 50.5 Å². The fraction of sp³-hybridized carbons (Fsp3) is 0.800. The zero-order valence-corrected chi connectivity index (χ0v) is 18.9. The number of hydrogen-bond acceptors (Lipinski definition) is 2. The quantitative estimate of drug-likeness (QED) is 0.346. The Kier molecular flexibility index (Phi) is 7.39. The van der Waals surface area contributed by atoms with Crippen LogP contribution in [-0.4, -0.2) is 12.1 Å². The molecule has 0 heterocycles. The van der Waals surface area contributed by atoms with Crippen LogP contribution >= 0.6 is 0 Å². The van der Waals surface area contributed by atoms with E-state index >= 15 is 0 Å². The first-order chi connectivity index (χ1) is 12.6. The summed E-state index contributed by atoms with van der Waals surface area (Å²) < 4.78 is 5.22. The first-order valence-corrected chi connectivity index (χ1v) is 11.1. The lowest BCUT2D eigenvalue weighted by atomic mass is 9.48. The number of hydrogen-bond donors (Lipinski definition) is 0. The van der Waals surface area contributed by atoms with Crippen molar-refractivity contribution in [1.29, 1.82) is 0 Å². The minimum absolute atomic E-state index is 0.0132. The number of fused-ring (bicyclic) bond motifs is 1. The average molecular weight is 375 g/mol. The van der Waals surface area contributed by atoms with Gasteiger partial charge in [0.2, 0.25) is 0 Å². The van der Waals surface area contributed by atoms with Gasteiger partial charge in [0.05, 0.1) is 6.10 Å². The molecule has 2 aliphatic carbocycles. The third kappa shape index (κ3) is 5.48. The van der Waals surface area contributed by atoms with E-state index in [1.54, 1.807) is 5.57 Å². The second-order valence-corrected chi connectivity index (χ2v) is 10.2. The molecule has 154 valence electrons. The minimum atomic E-state index is -0.180. The number of carbonyl (C=O) groups is 1. The van der Waals surface area contributed by atoms with Gasteiger partial charge in [0.1, 0.15) is 0 Å². The van der Waals surface area contributed by atoms with E-state index < -0.39 is 0 Å². The number of rotatable bonds is 7. The predicted octanol–water partition coefficient (Wildman–Crippen LogP) is 7.24. The zero-order chi connectivity index (χ0) is 20.2. The van der Waals surface area contributed by atoms with Crippen LogP contribution in [0, 0.1) is 22.7 Å². The molecule has 1 fully saturated rings. The highest BCUT2D eigenvalue weighted by molar-refractivity contribution is 5.66. The monoisotopic (exact) mass is 374 g/mol. The van der Waals surface area contributed by atoms with E-state index in [1.165, 1.54) is 51.0 Å². The molecule has 4 atom stereocenters. The van der Waals surface area contributed by atoms with Crippen LogP contribution < -0.4 is 0 Å². The summed E-state index contributed by atoms with van der Waals surface area (Å²) in [6, 6.07) is 0. The van der Waals surface area contributed by atoms with Crippen LogP contribution in [0.3, 0.4) is 0 Å². The average Bonchev–Trinajstić information content (AvgIpc) is 2.52. The summed E-state index contributed by atoms with van der Waals surface area (Å²) >= 11 is 0. The molecule has 0 N–H and O–H groups in total. The molecule has 0 saturated heterocycles. The van der Waals surface area contributed by atoms with Crippen LogP contribution in [0.2, 0.25) is 0 Å². The lowest BCUT2D eigenvalue weighted by Crippen LogP contribution is -2.48. The Morgan fingerprint density at radius 3 is 2.67 bits per heavy atom. The van der Waals surface area contributed by atoms with E-state index in [9.17, 15) is 4.79 Å². The van der Waals surface area contributed by atoms with Crippen LogP contribution in [0.15, 0.2) is 23.3 Å². The molecular formula is C25H42O2. The fourth-order valence-corrected chi connectivity index (χ4v) is 6.08. The number of esters is 1. The summed E-state index contributed by atoms with van der Waals surface area (Å²) in [5.41, 5.74) is 4.05. The maximum Gasteiger partial charge on any atom is 0.302 e. The SMILES string of the molecule is CC(=O)OC(C)CCC=C(C)CCC1C(C)=CCC2C(C)(C)CCCC12C. The van der Waals surface area contributed by atoms with E-state index in [4.69, 9.17) is 4.74 Å². The largest absolute Gasteiger partial charge is 0.463 e. The van der Waals surface area contributed by atoms with E-state index in [-0.39, 0.29) is 12.1 Å². The van der Waals surface area contributed by atoms with Crippen molar-refractivity contribution in [3.63, 3.8) is 0 Å². The standard InChI is InChI=1S/C25H42O2/c1-18(10-8-11-20(3)27-21(4)26)12-14-22-19(2)13-15-23-24(5,6)16-9-17-25(22,23)7/h10,13,20,22-23H,8-9,11-12,14-17H2,1-7H3. The van der Waals surface area contributed by atoms with Crippen molar-refractivity contribution in [2.75, 3.05) is 0 Å². The number of allylic oxidation sites excluding steroid dienone is 4. The molecule has 2 rings (SSSR count). The lowest BCUT2D eigenvalue weighted by molar-refractivity contribution is -0.145. The molecule has 0 radical (unpaired) electrons. The minimum Gasteiger partial charge on any atom is -0.463 e. The Morgan fingerprint density at radius 2 is 2.00 bits per heavy atom. The van der Waals surface area contributed by atoms with Gasteiger partial charge in [-0.05, 0) is 88.4 Å². The van der Waals surface area contributed by atoms with Crippen molar-refractivity contribution in [2.24, 2.45) is 22.7 Å². The molecule has 27 heavy (non-hydrogen) atoms. The summed E-state index contributed by atoms with van der Waals surface area (Å²) in [6.45, 7) is 15.7. The lowest BCUT2D eigenvalue weighted by Gasteiger charge is -2.57. The number of ether oxygens (including phenoxy) is 1. The van der Waals surface area contributed by atoms with Gasteiger partial charge < -0.3 is 4.74 Å². The smallest absolute Gasteiger partial charge is 0.302 e. The van der Waals surface area contributed by atoms with E-state index in [0.29, 0.717) is 10.8 Å². The van der Waals surface area contributed by atoms with Crippen molar-refractivity contribution >= 4 is 5.97 Å². The molecule has 0 bridgehead atoms. The van der Waals surface area contributed by atoms with Gasteiger partial charge in [-0.3, -0.25) is 4.79 Å². The van der Waals surface area contributed by atoms with E-state index in [2.05, 4.69) is 46.8 Å². The molecule has 0 aromatic heterocycles. The predicted molar refractivity (Wildman–Crippen MR) is 115 cm³/mol. The molecule has 0 aromatic carbocycles. The van der Waals surface area contributed by atoms with Crippen LogP contribution in [-0.2, 0) is 9.53 Å². The highest BCUT2D eigenvalue weighted by atomic mass is 16.5. The van der Waals surface area contributed by atoms with Crippen LogP contribution in [0.25, 0.3) is 0 Å². The summed E-state index contributed by atoms with van der Waals surface area (Å²) in [7, 11) is 0. The molecule has 2 nitrogen and oxygen atoms in total. The van der Waals surface area contributed by atoms with Gasteiger partial charge >= 0.3 is 5.97 Å². The van der Waals surface area contributed by atoms with Crippen LogP contribution in [0.1, 0.15) is 99.8 Å². The van der Waals surface area contributed by atoms with Crippen molar-refractivity contribution in [2.45, 2.75) is 106 Å². The highest BCUT2D eigenvalue weighted by Crippen LogP contribution is 2.60. The third-order valence-corrected chi connectivity index (χ3v) is 7.56. The molecule has 0 aliphatic heterocycles. The Morgan fingerprint density at radius 1 is 1.30 bits per heavy atom. The first-order valence-electron chi connectivity index (χ1n) is 11.1. The third-order valence-electron chi connectivity index (χ3n) is 7.56. The Balaban J connectivity index is 1.95. The molecule has 2 heteroatoms. The van der Waals surface area contributed by atoms with Crippen molar-refractivity contribution in [1.82, 2.24) is 0 Å². The van der Waals surface area contributed by atoms with Crippen molar-refractivity contribution in [3.8, 4) is 0 Å². The van der Waals surface area contributed by atoms with Gasteiger partial charge in [-0.25, -0.2) is 0 Å². The molecule has 0 amide bonds. The molecule has 2 aliphatic rings. The second kappa shape index (κ2) is 8.97. The molecule has 0 spiro atoms. The topological polar surface area (TPSA) is 26.3 Å². The summed E-state index contributed by atoms with van der Waals surface area (Å²) in [4.78, 5) is 11.0. The summed E-state index contributed by atoms with van der Waals surface area (Å²) in [6.07, 6.45) is 14.7. The summed E-state index contributed by atoms with van der Waals surface area (Å²) in [5, 5.41) is 0. The molecular weight excluding hydrogens is 332 g/mol. The Hall–Kier alpha value is -1.05. The van der Waals surface area contributed by atoms with Gasteiger partial charge in [0.25, 0.3) is 0 Å². The fourth-order valence-electron chi connectivity index (χ4n) is 6.08. The van der Waals surface area contributed by atoms with E-state index in [0.717, 1.165) is 24.7 Å². The van der Waals surface area contributed by atoms with Gasteiger partial charge in [0.15, 0.2) is 0 Å². The van der Waals surface area contributed by atoms with Gasteiger partial charge in [-0.2, -0.15) is 0 Å². The zero-order valence-electron chi connectivity index (χ0n) is 18.9. The normalized spacial score (nSPS) is 31.7. The maximum absolute atomic E-state index is 11.0. The van der Waals surface area contributed by atoms with Crippen LogP contribution in [0.5, 0.6) is 0 Å². The van der Waals surface area contributed by atoms with Crippen molar-refractivity contribution < 1.29 is 9.53 Å². The Bertz CT molecular complexity index is 583. The highest BCUT2D eigenvalue weighted by Gasteiger charge is 2.51. The molecule has 0 aromatic rings. The van der Waals surface area contributed by atoms with Crippen LogP contribution in [0.4, 0.5) is 0 Å². The maximum atomic E-state index is 11.0. The first kappa shape index (κ1) is 22.2. The van der Waals surface area contributed by atoms with Gasteiger partial charge in [-0.15, -0.1) is 0 Å². The molecule has 1 saturated carbocycles. The summed E-state index contributed by atoms with van der Waals surface area (Å²) in [5.74, 6) is 1.36. The van der Waals surface area contributed by atoms with Crippen molar-refractivity contribution in [3.05, 3.63) is 23.3 Å². The Labute approximate surface area is 167 Å².